The van der Waals surface area contributed by atoms with Crippen LogP contribution < -0.4 is 5.73 Å². The fourth-order valence-corrected chi connectivity index (χ4v) is 2.68. The molecule has 0 aromatic heterocycles. The molecule has 1 unspecified atom stereocenters. The first-order chi connectivity index (χ1) is 8.21. The highest BCUT2D eigenvalue weighted by Gasteiger charge is 2.34. The van der Waals surface area contributed by atoms with Crippen molar-refractivity contribution < 1.29 is 0 Å². The third kappa shape index (κ3) is 2.90. The number of hydrogen-bond acceptors (Lipinski definition) is 1. The quantitative estimate of drug-likeness (QED) is 0.742. The van der Waals surface area contributed by atoms with E-state index in [-0.39, 0.29) is 11.5 Å². The second kappa shape index (κ2) is 6.47. The van der Waals surface area contributed by atoms with Crippen LogP contribution in [0.15, 0.2) is 30.3 Å². The Kier molecular flexibility index (Phi) is 5.25. The molecule has 1 heteroatoms. The van der Waals surface area contributed by atoms with Crippen LogP contribution in [0.1, 0.15) is 45.1 Å². The van der Waals surface area contributed by atoms with Crippen molar-refractivity contribution in [3.05, 3.63) is 35.9 Å². The summed E-state index contributed by atoms with van der Waals surface area (Å²) in [6, 6.07) is 10.7. The lowest BCUT2D eigenvalue weighted by Crippen LogP contribution is -2.44. The molecular weight excluding hydrogens is 206 g/mol. The second-order valence-electron chi connectivity index (χ2n) is 4.58. The Balaban J connectivity index is 3.01. The van der Waals surface area contributed by atoms with Crippen LogP contribution in [0.4, 0.5) is 0 Å². The highest BCUT2D eigenvalue weighted by atomic mass is 14.7. The predicted octanol–water partition coefficient (Wildman–Crippen LogP) is 3.49. The van der Waals surface area contributed by atoms with Gasteiger partial charge in [-0.25, -0.2) is 0 Å². The highest BCUT2D eigenvalue weighted by Crippen LogP contribution is 2.35. The lowest BCUT2D eigenvalue weighted by atomic mass is 9.69. The molecule has 0 saturated carbocycles. The molecule has 0 bridgehead atoms. The van der Waals surface area contributed by atoms with Gasteiger partial charge in [-0.15, -0.1) is 12.3 Å². The topological polar surface area (TPSA) is 26.0 Å². The third-order valence-corrected chi connectivity index (χ3v) is 3.92. The molecule has 0 amide bonds. The second-order valence-corrected chi connectivity index (χ2v) is 4.58. The summed E-state index contributed by atoms with van der Waals surface area (Å²) in [4.78, 5) is 0. The van der Waals surface area contributed by atoms with Crippen LogP contribution in [0, 0.1) is 12.3 Å². The van der Waals surface area contributed by atoms with Crippen molar-refractivity contribution in [1.82, 2.24) is 0 Å². The van der Waals surface area contributed by atoms with Gasteiger partial charge in [0.15, 0.2) is 0 Å². The lowest BCUT2D eigenvalue weighted by Gasteiger charge is -2.38. The number of nitrogens with two attached hydrogens (primary N) is 1. The molecule has 1 aromatic rings. The van der Waals surface area contributed by atoms with Gasteiger partial charge in [-0.3, -0.25) is 0 Å². The van der Waals surface area contributed by atoms with Crippen LogP contribution in [0.2, 0.25) is 0 Å². The summed E-state index contributed by atoms with van der Waals surface area (Å²) in [5.74, 6) is 2.69. The van der Waals surface area contributed by atoms with E-state index in [2.05, 4.69) is 44.0 Å². The monoisotopic (exact) mass is 229 g/mol. The van der Waals surface area contributed by atoms with Gasteiger partial charge in [-0.2, -0.15) is 0 Å². The number of benzene rings is 1. The van der Waals surface area contributed by atoms with E-state index in [9.17, 15) is 0 Å². The zero-order chi connectivity index (χ0) is 12.7. The van der Waals surface area contributed by atoms with Crippen molar-refractivity contribution in [3.63, 3.8) is 0 Å². The largest absolute Gasteiger partial charge is 0.327 e. The molecule has 0 radical (unpaired) electrons. The number of terminal acetylenes is 1. The molecule has 0 aliphatic rings. The summed E-state index contributed by atoms with van der Waals surface area (Å²) in [5, 5.41) is 0. The molecule has 2 N–H and O–H groups in total. The van der Waals surface area contributed by atoms with Crippen molar-refractivity contribution in [1.29, 1.82) is 0 Å². The summed E-state index contributed by atoms with van der Waals surface area (Å²) >= 11 is 0. The van der Waals surface area contributed by atoms with Gasteiger partial charge in [0.1, 0.15) is 0 Å². The Morgan fingerprint density at radius 1 is 1.24 bits per heavy atom. The van der Waals surface area contributed by atoms with Crippen LogP contribution >= 0.6 is 0 Å². The van der Waals surface area contributed by atoms with E-state index >= 15 is 0 Å². The van der Waals surface area contributed by atoms with Crippen LogP contribution in [0.5, 0.6) is 0 Å². The maximum Gasteiger partial charge on any atom is 0.0145 e. The zero-order valence-electron chi connectivity index (χ0n) is 10.9. The van der Waals surface area contributed by atoms with E-state index in [0.717, 1.165) is 25.7 Å². The van der Waals surface area contributed by atoms with E-state index in [4.69, 9.17) is 12.2 Å². The van der Waals surface area contributed by atoms with Gasteiger partial charge in [-0.05, 0) is 24.8 Å². The Morgan fingerprint density at radius 2 is 1.82 bits per heavy atom. The van der Waals surface area contributed by atoms with Crippen molar-refractivity contribution in [2.45, 2.75) is 51.0 Å². The first-order valence-electron chi connectivity index (χ1n) is 6.45. The fourth-order valence-electron chi connectivity index (χ4n) is 2.68. The third-order valence-electron chi connectivity index (χ3n) is 3.92. The molecule has 1 nitrogen and oxygen atoms in total. The Labute approximate surface area is 105 Å². The Morgan fingerprint density at radius 3 is 2.29 bits per heavy atom. The first-order valence-corrected chi connectivity index (χ1v) is 6.45. The molecule has 0 saturated heterocycles. The van der Waals surface area contributed by atoms with Crippen molar-refractivity contribution in [2.24, 2.45) is 5.73 Å². The summed E-state index contributed by atoms with van der Waals surface area (Å²) < 4.78 is 0. The van der Waals surface area contributed by atoms with Gasteiger partial charge in [0, 0.05) is 17.9 Å². The Bertz CT molecular complexity index is 357. The van der Waals surface area contributed by atoms with Gasteiger partial charge in [0.2, 0.25) is 0 Å². The van der Waals surface area contributed by atoms with Gasteiger partial charge < -0.3 is 5.73 Å². The normalized spacial score (nSPS) is 13.1. The molecule has 1 rings (SSSR count). The summed E-state index contributed by atoms with van der Waals surface area (Å²) in [5.41, 5.74) is 7.81. The maximum absolute atomic E-state index is 6.40. The minimum absolute atomic E-state index is 0.0676. The molecule has 0 fully saturated rings. The van der Waals surface area contributed by atoms with Gasteiger partial charge >= 0.3 is 0 Å². The van der Waals surface area contributed by atoms with Crippen LogP contribution in [-0.4, -0.2) is 6.04 Å². The van der Waals surface area contributed by atoms with Crippen molar-refractivity contribution >= 4 is 0 Å². The van der Waals surface area contributed by atoms with Crippen LogP contribution in [0.3, 0.4) is 0 Å². The van der Waals surface area contributed by atoms with E-state index in [1.165, 1.54) is 5.56 Å². The molecule has 1 aromatic carbocycles. The molecule has 0 aliphatic heterocycles. The van der Waals surface area contributed by atoms with Crippen molar-refractivity contribution in [3.8, 4) is 12.3 Å². The SMILES string of the molecule is C#CCCC(N)C(CC)(CC)c1ccccc1. The molecule has 92 valence electrons. The van der Waals surface area contributed by atoms with Crippen LogP contribution in [-0.2, 0) is 5.41 Å². The number of rotatable bonds is 6. The van der Waals surface area contributed by atoms with Crippen molar-refractivity contribution in [2.75, 3.05) is 0 Å². The highest BCUT2D eigenvalue weighted by molar-refractivity contribution is 5.27. The van der Waals surface area contributed by atoms with E-state index in [0.29, 0.717) is 0 Å². The smallest absolute Gasteiger partial charge is 0.0145 e. The number of hydrogen-bond donors (Lipinski definition) is 1. The average molecular weight is 229 g/mol. The first kappa shape index (κ1) is 13.8. The standard InChI is InChI=1S/C16H23N/c1-4-7-13-15(17)16(5-2,6-3)14-11-9-8-10-12-14/h1,8-12,15H,5-7,13,17H2,2-3H3. The summed E-state index contributed by atoms with van der Waals surface area (Å²) in [7, 11) is 0. The molecular formula is C16H23N. The van der Waals surface area contributed by atoms with E-state index in [1.807, 2.05) is 6.07 Å². The van der Waals surface area contributed by atoms with Gasteiger partial charge in [0.05, 0.1) is 0 Å². The van der Waals surface area contributed by atoms with Crippen LogP contribution in [0.25, 0.3) is 0 Å². The lowest BCUT2D eigenvalue weighted by molar-refractivity contribution is 0.306. The average Bonchev–Trinajstić information content (AvgIpc) is 2.39. The maximum atomic E-state index is 6.40. The zero-order valence-corrected chi connectivity index (χ0v) is 10.9. The van der Waals surface area contributed by atoms with E-state index in [1.54, 1.807) is 0 Å². The Hall–Kier alpha value is -1.26. The van der Waals surface area contributed by atoms with Gasteiger partial charge in [-0.1, -0.05) is 44.2 Å². The minimum Gasteiger partial charge on any atom is -0.327 e. The van der Waals surface area contributed by atoms with E-state index < -0.39 is 0 Å². The molecule has 0 aliphatic carbocycles. The molecule has 0 spiro atoms. The summed E-state index contributed by atoms with van der Waals surface area (Å²) in [6.45, 7) is 4.43. The van der Waals surface area contributed by atoms with Gasteiger partial charge in [0.25, 0.3) is 0 Å². The molecule has 1 atom stereocenters. The predicted molar refractivity (Wildman–Crippen MR) is 74.7 cm³/mol. The molecule has 0 heterocycles. The molecule has 17 heavy (non-hydrogen) atoms. The minimum atomic E-state index is 0.0676. The fraction of sp³-hybridized carbons (Fsp3) is 0.500. The summed E-state index contributed by atoms with van der Waals surface area (Å²) in [6.07, 6.45) is 9.10.